The van der Waals surface area contributed by atoms with Crippen LogP contribution < -0.4 is 11.1 Å². The third-order valence-electron chi connectivity index (χ3n) is 2.52. The summed E-state index contributed by atoms with van der Waals surface area (Å²) >= 11 is 0. The van der Waals surface area contributed by atoms with Crippen molar-refractivity contribution in [3.63, 3.8) is 0 Å². The maximum absolute atomic E-state index is 12.4. The van der Waals surface area contributed by atoms with Gasteiger partial charge in [-0.2, -0.15) is 13.2 Å². The van der Waals surface area contributed by atoms with Crippen LogP contribution in [-0.2, 0) is 17.5 Å². The summed E-state index contributed by atoms with van der Waals surface area (Å²) < 4.78 is 37.3. The van der Waals surface area contributed by atoms with Gasteiger partial charge in [0.1, 0.15) is 0 Å². The summed E-state index contributed by atoms with van der Waals surface area (Å²) in [7, 11) is 0. The van der Waals surface area contributed by atoms with Gasteiger partial charge in [-0.25, -0.2) is 0 Å². The van der Waals surface area contributed by atoms with Gasteiger partial charge in [0.2, 0.25) is 5.91 Å². The summed E-state index contributed by atoms with van der Waals surface area (Å²) in [6, 6.07) is 4.86. The molecule has 0 radical (unpaired) electrons. The molecule has 1 aromatic rings. The van der Waals surface area contributed by atoms with Crippen molar-refractivity contribution >= 4 is 18.3 Å². The fraction of sp³-hybridized carbons (Fsp3) is 0.417. The molecule has 0 fully saturated rings. The Balaban J connectivity index is 0.00000324. The van der Waals surface area contributed by atoms with E-state index < -0.39 is 11.7 Å². The van der Waals surface area contributed by atoms with Gasteiger partial charge in [0.05, 0.1) is 5.56 Å². The fourth-order valence-electron chi connectivity index (χ4n) is 1.33. The van der Waals surface area contributed by atoms with Gasteiger partial charge in [0.15, 0.2) is 0 Å². The number of rotatable bonds is 4. The molecular formula is C12H16ClF3N2O. The largest absolute Gasteiger partial charge is 0.416 e. The van der Waals surface area contributed by atoms with E-state index in [0.717, 1.165) is 12.1 Å². The predicted octanol–water partition coefficient (Wildman–Crippen LogP) is 2.34. The van der Waals surface area contributed by atoms with Crippen LogP contribution in [0.25, 0.3) is 0 Å². The molecule has 0 bridgehead atoms. The summed E-state index contributed by atoms with van der Waals surface area (Å²) in [5.74, 6) is -0.620. The van der Waals surface area contributed by atoms with Crippen LogP contribution in [0.4, 0.5) is 13.2 Å². The Labute approximate surface area is 115 Å². The molecule has 3 N–H and O–H groups in total. The average Bonchev–Trinajstić information content (AvgIpc) is 2.34. The van der Waals surface area contributed by atoms with E-state index in [1.165, 1.54) is 12.1 Å². The minimum absolute atomic E-state index is 0. The van der Waals surface area contributed by atoms with E-state index in [1.54, 1.807) is 6.92 Å². The van der Waals surface area contributed by atoms with E-state index in [0.29, 0.717) is 5.56 Å². The average molecular weight is 297 g/mol. The molecule has 0 aliphatic carbocycles. The minimum atomic E-state index is -4.37. The van der Waals surface area contributed by atoms with E-state index in [9.17, 15) is 18.0 Å². The number of alkyl halides is 3. The van der Waals surface area contributed by atoms with Gasteiger partial charge in [0.25, 0.3) is 0 Å². The highest BCUT2D eigenvalue weighted by Gasteiger charge is 2.30. The molecule has 0 saturated carbocycles. The fourth-order valence-corrected chi connectivity index (χ4v) is 1.33. The molecule has 3 nitrogen and oxygen atoms in total. The van der Waals surface area contributed by atoms with Crippen molar-refractivity contribution < 1.29 is 18.0 Å². The van der Waals surface area contributed by atoms with E-state index in [1.807, 2.05) is 0 Å². The number of nitrogens with one attached hydrogen (secondary N) is 1. The summed E-state index contributed by atoms with van der Waals surface area (Å²) in [5.41, 5.74) is 5.00. The lowest BCUT2D eigenvalue weighted by atomic mass is 10.1. The van der Waals surface area contributed by atoms with Gasteiger partial charge in [-0.1, -0.05) is 19.1 Å². The van der Waals surface area contributed by atoms with Crippen LogP contribution in [0.5, 0.6) is 0 Å². The summed E-state index contributed by atoms with van der Waals surface area (Å²) in [6.45, 7) is 1.92. The Bertz CT molecular complexity index is 424. The standard InChI is InChI=1S/C12H15F3N2O.ClH/c1-8(6-16)11(18)17-7-9-3-2-4-10(5-9)12(13,14)15;/h2-5,8H,6-7,16H2,1H3,(H,17,18);1H. The molecule has 1 unspecified atom stereocenters. The predicted molar refractivity (Wildman–Crippen MR) is 68.8 cm³/mol. The van der Waals surface area contributed by atoms with Crippen LogP contribution >= 0.6 is 12.4 Å². The SMILES string of the molecule is CC(CN)C(=O)NCc1cccc(C(F)(F)F)c1.Cl. The van der Waals surface area contributed by atoms with Crippen molar-refractivity contribution in [2.24, 2.45) is 11.7 Å². The number of carbonyl (C=O) groups is 1. The first-order valence-electron chi connectivity index (χ1n) is 5.48. The lowest BCUT2D eigenvalue weighted by molar-refractivity contribution is -0.137. The van der Waals surface area contributed by atoms with Crippen molar-refractivity contribution in [2.75, 3.05) is 6.54 Å². The maximum Gasteiger partial charge on any atom is 0.416 e. The summed E-state index contributed by atoms with van der Waals surface area (Å²) in [6.07, 6.45) is -4.37. The van der Waals surface area contributed by atoms with Gasteiger partial charge >= 0.3 is 6.18 Å². The second-order valence-corrected chi connectivity index (χ2v) is 4.05. The lowest BCUT2D eigenvalue weighted by Crippen LogP contribution is -2.32. The molecule has 0 aromatic heterocycles. The lowest BCUT2D eigenvalue weighted by Gasteiger charge is -2.11. The minimum Gasteiger partial charge on any atom is -0.352 e. The Hall–Kier alpha value is -1.27. The number of hydrogen-bond acceptors (Lipinski definition) is 2. The quantitative estimate of drug-likeness (QED) is 0.896. The van der Waals surface area contributed by atoms with E-state index in [-0.39, 0.29) is 37.3 Å². The van der Waals surface area contributed by atoms with Crippen LogP contribution in [0.3, 0.4) is 0 Å². The molecule has 19 heavy (non-hydrogen) atoms. The Morgan fingerprint density at radius 1 is 1.42 bits per heavy atom. The smallest absolute Gasteiger partial charge is 0.352 e. The Morgan fingerprint density at radius 3 is 2.58 bits per heavy atom. The molecule has 1 aromatic carbocycles. The third kappa shape index (κ3) is 5.48. The first-order chi connectivity index (χ1) is 8.34. The molecule has 0 aliphatic heterocycles. The van der Waals surface area contributed by atoms with Gasteiger partial charge in [-0.05, 0) is 17.7 Å². The zero-order chi connectivity index (χ0) is 13.8. The number of benzene rings is 1. The zero-order valence-corrected chi connectivity index (χ0v) is 11.1. The van der Waals surface area contributed by atoms with Gasteiger partial charge in [-0.15, -0.1) is 12.4 Å². The van der Waals surface area contributed by atoms with Crippen molar-refractivity contribution in [2.45, 2.75) is 19.6 Å². The summed E-state index contributed by atoms with van der Waals surface area (Å²) in [5, 5.41) is 2.54. The van der Waals surface area contributed by atoms with Crippen LogP contribution in [0, 0.1) is 5.92 Å². The highest BCUT2D eigenvalue weighted by molar-refractivity contribution is 5.85. The van der Waals surface area contributed by atoms with Crippen molar-refractivity contribution in [3.8, 4) is 0 Å². The second kappa shape index (κ2) is 7.35. The van der Waals surface area contributed by atoms with Crippen LogP contribution in [0.2, 0.25) is 0 Å². The Kier molecular flexibility index (Phi) is 6.86. The number of amides is 1. The van der Waals surface area contributed by atoms with E-state index >= 15 is 0 Å². The van der Waals surface area contributed by atoms with E-state index in [2.05, 4.69) is 5.32 Å². The van der Waals surface area contributed by atoms with Gasteiger partial charge < -0.3 is 11.1 Å². The molecule has 0 spiro atoms. The molecule has 1 amide bonds. The maximum atomic E-state index is 12.4. The normalized spacial score (nSPS) is 12.5. The molecule has 108 valence electrons. The van der Waals surface area contributed by atoms with Crippen molar-refractivity contribution in [1.82, 2.24) is 5.32 Å². The topological polar surface area (TPSA) is 55.1 Å². The highest BCUT2D eigenvalue weighted by Crippen LogP contribution is 2.29. The first kappa shape index (κ1) is 17.7. The van der Waals surface area contributed by atoms with Crippen LogP contribution in [0.1, 0.15) is 18.1 Å². The molecule has 0 aliphatic rings. The van der Waals surface area contributed by atoms with Gasteiger partial charge in [0, 0.05) is 19.0 Å². The Morgan fingerprint density at radius 2 is 2.05 bits per heavy atom. The molecule has 1 rings (SSSR count). The number of halogens is 4. The molecule has 0 saturated heterocycles. The monoisotopic (exact) mass is 296 g/mol. The molecule has 1 atom stereocenters. The first-order valence-corrected chi connectivity index (χ1v) is 5.48. The van der Waals surface area contributed by atoms with Crippen molar-refractivity contribution in [3.05, 3.63) is 35.4 Å². The zero-order valence-electron chi connectivity index (χ0n) is 10.3. The number of nitrogens with two attached hydrogens (primary N) is 1. The van der Waals surface area contributed by atoms with E-state index in [4.69, 9.17) is 5.73 Å². The van der Waals surface area contributed by atoms with Crippen LogP contribution in [-0.4, -0.2) is 12.5 Å². The molecule has 7 heteroatoms. The summed E-state index contributed by atoms with van der Waals surface area (Å²) in [4.78, 5) is 11.4. The van der Waals surface area contributed by atoms with Crippen molar-refractivity contribution in [1.29, 1.82) is 0 Å². The third-order valence-corrected chi connectivity index (χ3v) is 2.52. The van der Waals surface area contributed by atoms with Gasteiger partial charge in [-0.3, -0.25) is 4.79 Å². The second-order valence-electron chi connectivity index (χ2n) is 4.05. The highest BCUT2D eigenvalue weighted by atomic mass is 35.5. The molecule has 0 heterocycles. The number of carbonyl (C=O) groups excluding carboxylic acids is 1. The number of hydrogen-bond donors (Lipinski definition) is 2. The molecular weight excluding hydrogens is 281 g/mol. The van der Waals surface area contributed by atoms with Crippen LogP contribution in [0.15, 0.2) is 24.3 Å².